The van der Waals surface area contributed by atoms with Crippen LogP contribution in [0.3, 0.4) is 0 Å². The highest BCUT2D eigenvalue weighted by molar-refractivity contribution is 7.93. The van der Waals surface area contributed by atoms with E-state index in [2.05, 4.69) is 31.9 Å². The van der Waals surface area contributed by atoms with Crippen LogP contribution in [-0.4, -0.2) is 55.6 Å². The van der Waals surface area contributed by atoms with Gasteiger partial charge in [0, 0.05) is 18.3 Å². The molecule has 0 aliphatic carbocycles. The normalized spacial score (nSPS) is 11.2. The van der Waals surface area contributed by atoms with Gasteiger partial charge in [0.05, 0.1) is 45.0 Å². The molecule has 0 atom stereocenters. The van der Waals surface area contributed by atoms with Crippen molar-refractivity contribution in [2.75, 3.05) is 26.1 Å². The van der Waals surface area contributed by atoms with Crippen LogP contribution in [-0.2, 0) is 27.9 Å². The predicted octanol–water partition coefficient (Wildman–Crippen LogP) is 2.44. The van der Waals surface area contributed by atoms with E-state index in [1.165, 1.54) is 39.5 Å². The molecule has 0 fully saturated rings. The zero-order valence-electron chi connectivity index (χ0n) is 20.4. The molecule has 0 bridgehead atoms. The van der Waals surface area contributed by atoms with Gasteiger partial charge in [0.25, 0.3) is 10.0 Å². The lowest BCUT2D eigenvalue weighted by Gasteiger charge is -2.14. The van der Waals surface area contributed by atoms with Gasteiger partial charge in [-0.2, -0.15) is 10.2 Å². The number of amides is 1. The summed E-state index contributed by atoms with van der Waals surface area (Å²) in [6, 6.07) is 8.29. The van der Waals surface area contributed by atoms with E-state index >= 15 is 0 Å². The van der Waals surface area contributed by atoms with Crippen LogP contribution < -0.4 is 24.2 Å². The summed E-state index contributed by atoms with van der Waals surface area (Å²) >= 11 is 0. The van der Waals surface area contributed by atoms with Crippen molar-refractivity contribution >= 4 is 32.7 Å². The number of nitrogens with one attached hydrogen (secondary N) is 3. The third kappa shape index (κ3) is 5.35. The Morgan fingerprint density at radius 3 is 2.46 bits per heavy atom. The molecule has 13 heteroatoms. The molecule has 4 aromatic rings. The molecule has 4 rings (SSSR count). The van der Waals surface area contributed by atoms with Crippen LogP contribution in [0.25, 0.3) is 10.9 Å². The second-order valence-electron chi connectivity index (χ2n) is 7.86. The van der Waals surface area contributed by atoms with Crippen molar-refractivity contribution in [3.05, 3.63) is 66.5 Å². The largest absolute Gasteiger partial charge is 0.496 e. The molecule has 0 aliphatic heterocycles. The van der Waals surface area contributed by atoms with Gasteiger partial charge >= 0.3 is 0 Å². The molecule has 0 aliphatic rings. The lowest BCUT2D eigenvalue weighted by molar-refractivity contribution is -0.116. The number of aromatic amines is 1. The molecule has 2 aromatic heterocycles. The molecule has 12 nitrogen and oxygen atoms in total. The fourth-order valence-electron chi connectivity index (χ4n) is 3.80. The van der Waals surface area contributed by atoms with E-state index in [1.54, 1.807) is 23.0 Å². The molecule has 0 spiro atoms. The van der Waals surface area contributed by atoms with E-state index in [4.69, 9.17) is 14.2 Å². The second-order valence-corrected chi connectivity index (χ2v) is 9.48. The Bertz CT molecular complexity index is 1540. The third-order valence-electron chi connectivity index (χ3n) is 5.47. The van der Waals surface area contributed by atoms with E-state index < -0.39 is 10.0 Å². The molecular weight excluding hydrogens is 500 g/mol. The maximum absolute atomic E-state index is 13.3. The molecule has 194 valence electrons. The zero-order chi connectivity index (χ0) is 26.6. The minimum Gasteiger partial charge on any atom is -0.496 e. The fourth-order valence-corrected chi connectivity index (χ4v) is 5.13. The number of anilines is 1. The Morgan fingerprint density at radius 2 is 1.81 bits per heavy atom. The Hall–Kier alpha value is -4.52. The van der Waals surface area contributed by atoms with Crippen LogP contribution in [0.2, 0.25) is 0 Å². The van der Waals surface area contributed by atoms with Gasteiger partial charge in [-0.1, -0.05) is 12.6 Å². The van der Waals surface area contributed by atoms with Gasteiger partial charge in [0.2, 0.25) is 5.91 Å². The summed E-state index contributed by atoms with van der Waals surface area (Å²) < 4.78 is 46.9. The number of rotatable bonds is 11. The van der Waals surface area contributed by atoms with E-state index in [0.29, 0.717) is 29.7 Å². The van der Waals surface area contributed by atoms with Gasteiger partial charge in [-0.05, 0) is 35.9 Å². The van der Waals surface area contributed by atoms with Crippen molar-refractivity contribution in [2.24, 2.45) is 0 Å². The number of H-pyrrole nitrogens is 1. The minimum atomic E-state index is -4.14. The van der Waals surface area contributed by atoms with Crippen LogP contribution in [0.4, 0.5) is 5.82 Å². The molecule has 2 aromatic carbocycles. The summed E-state index contributed by atoms with van der Waals surface area (Å²) in [6.07, 6.45) is 4.68. The van der Waals surface area contributed by atoms with Crippen LogP contribution in [0, 0.1) is 0 Å². The van der Waals surface area contributed by atoms with Crippen LogP contribution in [0.1, 0.15) is 11.1 Å². The Kier molecular flexibility index (Phi) is 7.34. The van der Waals surface area contributed by atoms with Gasteiger partial charge in [0.15, 0.2) is 10.7 Å². The number of hydrogen-bond donors (Lipinski definition) is 3. The van der Waals surface area contributed by atoms with Crippen molar-refractivity contribution in [3.63, 3.8) is 0 Å². The molecule has 0 saturated carbocycles. The molecule has 0 radical (unpaired) electrons. The van der Waals surface area contributed by atoms with E-state index in [0.717, 1.165) is 11.1 Å². The maximum atomic E-state index is 13.3. The predicted molar refractivity (Wildman–Crippen MR) is 136 cm³/mol. The molecule has 0 unspecified atom stereocenters. The number of nitrogens with zero attached hydrogens (tertiary/aromatic N) is 3. The Morgan fingerprint density at radius 1 is 1.11 bits per heavy atom. The molecule has 3 N–H and O–H groups in total. The van der Waals surface area contributed by atoms with Crippen molar-refractivity contribution in [1.29, 1.82) is 0 Å². The highest BCUT2D eigenvalue weighted by Gasteiger charge is 2.27. The first-order valence-electron chi connectivity index (χ1n) is 11.0. The lowest BCUT2D eigenvalue weighted by atomic mass is 10.1. The quantitative estimate of drug-likeness (QED) is 0.252. The number of hydrogen-bond acceptors (Lipinski definition) is 8. The molecule has 2 heterocycles. The number of aromatic nitrogens is 4. The highest BCUT2D eigenvalue weighted by atomic mass is 32.2. The van der Waals surface area contributed by atoms with E-state index in [1.807, 2.05) is 12.3 Å². The van der Waals surface area contributed by atoms with Crippen LogP contribution in [0.15, 0.2) is 60.3 Å². The van der Waals surface area contributed by atoms with Crippen molar-refractivity contribution < 1.29 is 27.4 Å². The van der Waals surface area contributed by atoms with Crippen molar-refractivity contribution in [1.82, 2.24) is 25.3 Å². The van der Waals surface area contributed by atoms with Crippen LogP contribution in [0.5, 0.6) is 17.2 Å². The average Bonchev–Trinajstić information content (AvgIpc) is 3.52. The molecule has 37 heavy (non-hydrogen) atoms. The number of ether oxygens (including phenoxy) is 3. The lowest BCUT2D eigenvalue weighted by Crippen LogP contribution is -2.19. The molecular formula is C24H26N6O6S. The average molecular weight is 527 g/mol. The zero-order valence-corrected chi connectivity index (χ0v) is 21.3. The first-order valence-corrected chi connectivity index (χ1v) is 12.5. The Labute approximate surface area is 213 Å². The Balaban J connectivity index is 1.62. The van der Waals surface area contributed by atoms with Gasteiger partial charge in [-0.3, -0.25) is 19.3 Å². The standard InChI is InChI=1S/C24H26N6O6S/c1-5-21(31)25-11-16-12-26-30(14-16)13-15-9-17-22(20(10-15)36-4)24(28-27-17)29-37(32,33)23-18(34-2)7-6-8-19(23)35-3/h5-10,12,14H,1,11,13H2,2-4H3,(H,25,31)(H2,27,28,29). The first-order chi connectivity index (χ1) is 17.8. The highest BCUT2D eigenvalue weighted by Crippen LogP contribution is 2.37. The van der Waals surface area contributed by atoms with Gasteiger partial charge in [-0.25, -0.2) is 8.42 Å². The van der Waals surface area contributed by atoms with Crippen LogP contribution >= 0.6 is 0 Å². The SMILES string of the molecule is C=CC(=O)NCc1cnn(Cc2cc(OC)c3c(NS(=O)(=O)c4c(OC)cccc4OC)n[nH]c3c2)c1. The number of carbonyl (C=O) groups is 1. The summed E-state index contributed by atoms with van der Waals surface area (Å²) in [6.45, 7) is 4.16. The summed E-state index contributed by atoms with van der Waals surface area (Å²) in [5.41, 5.74) is 2.22. The third-order valence-corrected chi connectivity index (χ3v) is 6.87. The number of fused-ring (bicyclic) bond motifs is 1. The first kappa shape index (κ1) is 25.6. The maximum Gasteiger partial charge on any atom is 0.270 e. The summed E-state index contributed by atoms with van der Waals surface area (Å²) in [7, 11) is 0.0988. The van der Waals surface area contributed by atoms with E-state index in [9.17, 15) is 13.2 Å². The number of carbonyl (C=O) groups excluding carboxylic acids is 1. The minimum absolute atomic E-state index is 0.0608. The van der Waals surface area contributed by atoms with Gasteiger partial charge < -0.3 is 19.5 Å². The van der Waals surface area contributed by atoms with E-state index in [-0.39, 0.29) is 28.1 Å². The number of methoxy groups -OCH3 is 3. The number of sulfonamides is 1. The van der Waals surface area contributed by atoms with Gasteiger partial charge in [-0.15, -0.1) is 0 Å². The topological polar surface area (TPSA) is 149 Å². The molecule has 1 amide bonds. The fraction of sp³-hybridized carbons (Fsp3) is 0.208. The molecule has 0 saturated heterocycles. The smallest absolute Gasteiger partial charge is 0.270 e. The second kappa shape index (κ2) is 10.6. The van der Waals surface area contributed by atoms with Crippen molar-refractivity contribution in [2.45, 2.75) is 18.0 Å². The number of benzene rings is 2. The summed E-state index contributed by atoms with van der Waals surface area (Å²) in [4.78, 5) is 11.2. The summed E-state index contributed by atoms with van der Waals surface area (Å²) in [5, 5.41) is 14.5. The summed E-state index contributed by atoms with van der Waals surface area (Å²) in [5.74, 6) is 0.465. The monoisotopic (exact) mass is 526 g/mol. The van der Waals surface area contributed by atoms with Crippen molar-refractivity contribution in [3.8, 4) is 17.2 Å². The van der Waals surface area contributed by atoms with Gasteiger partial charge in [0.1, 0.15) is 17.2 Å².